The van der Waals surface area contributed by atoms with Crippen LogP contribution in [0, 0.1) is 6.92 Å². The first-order chi connectivity index (χ1) is 16.8. The molecule has 0 aliphatic carbocycles. The van der Waals surface area contributed by atoms with E-state index in [1.54, 1.807) is 12.1 Å². The number of amides is 1. The van der Waals surface area contributed by atoms with Crippen LogP contribution in [0.3, 0.4) is 0 Å². The van der Waals surface area contributed by atoms with Crippen molar-refractivity contribution >= 4 is 21.7 Å². The molecule has 0 saturated carbocycles. The number of nitrogens with zero attached hydrogens (tertiary/aromatic N) is 2. The number of carbonyl (C=O) groups excluding carboxylic acids is 1. The van der Waals surface area contributed by atoms with Gasteiger partial charge < -0.3 is 10.5 Å². The van der Waals surface area contributed by atoms with Gasteiger partial charge in [0.05, 0.1) is 23.6 Å². The van der Waals surface area contributed by atoms with Gasteiger partial charge in [-0.25, -0.2) is 14.7 Å². The molecular formula is C26H24N4O4S. The van der Waals surface area contributed by atoms with Crippen molar-refractivity contribution in [3.63, 3.8) is 0 Å². The number of hydrogen-bond donors (Lipinski definition) is 2. The van der Waals surface area contributed by atoms with Crippen LogP contribution in [0.15, 0.2) is 83.9 Å². The number of ether oxygens (including phenoxy) is 1. The lowest BCUT2D eigenvalue weighted by Gasteiger charge is -2.13. The normalized spacial score (nSPS) is 11.1. The molecule has 0 bridgehead atoms. The number of pyridine rings is 2. The van der Waals surface area contributed by atoms with Crippen LogP contribution in [0.5, 0.6) is 5.75 Å². The van der Waals surface area contributed by atoms with Crippen molar-refractivity contribution in [2.24, 2.45) is 0 Å². The third-order valence-corrected chi connectivity index (χ3v) is 6.41. The number of nitrogens with two attached hydrogens (primary N) is 1. The number of nitrogen functional groups attached to an aromatic ring is 1. The Morgan fingerprint density at radius 2 is 1.60 bits per heavy atom. The lowest BCUT2D eigenvalue weighted by Crippen LogP contribution is -2.31. The van der Waals surface area contributed by atoms with Gasteiger partial charge in [0.2, 0.25) is 0 Å². The Labute approximate surface area is 203 Å². The van der Waals surface area contributed by atoms with Gasteiger partial charge in [0, 0.05) is 11.1 Å². The molecule has 0 aliphatic rings. The molecule has 35 heavy (non-hydrogen) atoms. The lowest BCUT2D eigenvalue weighted by molar-refractivity contribution is 0.0981. The summed E-state index contributed by atoms with van der Waals surface area (Å²) in [4.78, 5) is 21.7. The van der Waals surface area contributed by atoms with Gasteiger partial charge in [-0.1, -0.05) is 35.9 Å². The molecule has 2 aromatic heterocycles. The van der Waals surface area contributed by atoms with E-state index in [0.717, 1.165) is 16.9 Å². The first-order valence-electron chi connectivity index (χ1n) is 10.9. The molecule has 0 radical (unpaired) electrons. The first-order valence-corrected chi connectivity index (χ1v) is 12.4. The standard InChI is InChI=1S/C26H24N4O4S/c1-3-34-20-13-11-18(12-14-20)22-16-15-21(25(28-22)19-9-7-17(2)8-10-19)26(31)30-35(32,33)24-6-4-5-23(27)29-24/h4-16H,3H2,1-2H3,(H2,27,29)(H,30,31). The quantitative estimate of drug-likeness (QED) is 0.399. The van der Waals surface area contributed by atoms with Crippen molar-refractivity contribution < 1.29 is 17.9 Å². The van der Waals surface area contributed by atoms with Gasteiger partial charge in [-0.15, -0.1) is 0 Å². The molecule has 0 unspecified atom stereocenters. The van der Waals surface area contributed by atoms with Crippen LogP contribution < -0.4 is 15.2 Å². The summed E-state index contributed by atoms with van der Waals surface area (Å²) < 4.78 is 33.1. The molecule has 0 spiro atoms. The van der Waals surface area contributed by atoms with E-state index in [1.807, 2.05) is 62.4 Å². The number of rotatable bonds is 7. The highest BCUT2D eigenvalue weighted by atomic mass is 32.2. The minimum Gasteiger partial charge on any atom is -0.494 e. The second-order valence-corrected chi connectivity index (χ2v) is 9.38. The molecule has 178 valence electrons. The fourth-order valence-corrected chi connectivity index (χ4v) is 4.37. The van der Waals surface area contributed by atoms with Gasteiger partial charge in [0.15, 0.2) is 5.03 Å². The number of anilines is 1. The smallest absolute Gasteiger partial charge is 0.281 e. The molecule has 4 aromatic rings. The largest absolute Gasteiger partial charge is 0.494 e. The lowest BCUT2D eigenvalue weighted by atomic mass is 10.0. The van der Waals surface area contributed by atoms with Crippen molar-refractivity contribution in [2.75, 3.05) is 12.3 Å². The maximum absolute atomic E-state index is 13.1. The van der Waals surface area contributed by atoms with Crippen LogP contribution in [-0.4, -0.2) is 30.9 Å². The average molecular weight is 489 g/mol. The van der Waals surface area contributed by atoms with Crippen molar-refractivity contribution in [1.82, 2.24) is 14.7 Å². The van der Waals surface area contributed by atoms with E-state index in [9.17, 15) is 13.2 Å². The predicted octanol–water partition coefficient (Wildman–Crippen LogP) is 4.22. The Kier molecular flexibility index (Phi) is 6.79. The minimum absolute atomic E-state index is 0.0297. The Bertz CT molecular complexity index is 1470. The summed E-state index contributed by atoms with van der Waals surface area (Å²) in [6, 6.07) is 22.3. The highest BCUT2D eigenvalue weighted by molar-refractivity contribution is 7.90. The third kappa shape index (κ3) is 5.47. The Morgan fingerprint density at radius 1 is 0.914 bits per heavy atom. The average Bonchev–Trinajstić information content (AvgIpc) is 2.84. The van der Waals surface area contributed by atoms with Crippen LogP contribution in [0.25, 0.3) is 22.5 Å². The highest BCUT2D eigenvalue weighted by Crippen LogP contribution is 2.28. The third-order valence-electron chi connectivity index (χ3n) is 5.17. The van der Waals surface area contributed by atoms with E-state index in [1.165, 1.54) is 18.2 Å². The number of nitrogens with one attached hydrogen (secondary N) is 1. The SMILES string of the molecule is CCOc1ccc(-c2ccc(C(=O)NS(=O)(=O)c3cccc(N)n3)c(-c3ccc(C)cc3)n2)cc1. The fraction of sp³-hybridized carbons (Fsp3) is 0.115. The van der Waals surface area contributed by atoms with Crippen molar-refractivity contribution in [3.05, 3.63) is 90.0 Å². The van der Waals surface area contributed by atoms with Gasteiger partial charge in [0.1, 0.15) is 11.6 Å². The van der Waals surface area contributed by atoms with Crippen LogP contribution in [-0.2, 0) is 10.0 Å². The van der Waals surface area contributed by atoms with E-state index in [2.05, 4.69) is 9.71 Å². The summed E-state index contributed by atoms with van der Waals surface area (Å²) in [5, 5.41) is -0.346. The number of aromatic nitrogens is 2. The Hall–Kier alpha value is -4.24. The highest BCUT2D eigenvalue weighted by Gasteiger charge is 2.23. The van der Waals surface area contributed by atoms with Crippen molar-refractivity contribution in [3.8, 4) is 28.3 Å². The molecule has 3 N–H and O–H groups in total. The molecule has 4 rings (SSSR count). The zero-order valence-electron chi connectivity index (χ0n) is 19.2. The van der Waals surface area contributed by atoms with Crippen LogP contribution in [0.2, 0.25) is 0 Å². The summed E-state index contributed by atoms with van der Waals surface area (Å²) in [6.07, 6.45) is 0. The molecule has 0 aliphatic heterocycles. The number of sulfonamides is 1. The van der Waals surface area contributed by atoms with E-state index in [0.29, 0.717) is 23.6 Å². The molecule has 0 fully saturated rings. The van der Waals surface area contributed by atoms with Crippen molar-refractivity contribution in [1.29, 1.82) is 0 Å². The van der Waals surface area contributed by atoms with Crippen LogP contribution in [0.4, 0.5) is 5.82 Å². The topological polar surface area (TPSA) is 124 Å². The number of aryl methyl sites for hydroxylation is 1. The maximum atomic E-state index is 13.1. The Morgan fingerprint density at radius 3 is 2.26 bits per heavy atom. The van der Waals surface area contributed by atoms with Crippen LogP contribution in [0.1, 0.15) is 22.8 Å². The second kappa shape index (κ2) is 9.94. The summed E-state index contributed by atoms with van der Waals surface area (Å²) in [5.74, 6) is -0.0519. The van der Waals surface area contributed by atoms with Gasteiger partial charge >= 0.3 is 0 Å². The monoisotopic (exact) mass is 488 g/mol. The number of carbonyl (C=O) groups is 1. The molecule has 0 atom stereocenters. The fourth-order valence-electron chi connectivity index (χ4n) is 3.43. The molecule has 9 heteroatoms. The maximum Gasteiger partial charge on any atom is 0.281 e. The zero-order valence-corrected chi connectivity index (χ0v) is 20.0. The molecule has 8 nitrogen and oxygen atoms in total. The van der Waals surface area contributed by atoms with E-state index >= 15 is 0 Å². The molecule has 1 amide bonds. The summed E-state index contributed by atoms with van der Waals surface area (Å²) in [7, 11) is -4.24. The summed E-state index contributed by atoms with van der Waals surface area (Å²) >= 11 is 0. The number of benzene rings is 2. The van der Waals surface area contributed by atoms with Gasteiger partial charge in [-0.2, -0.15) is 8.42 Å². The van der Waals surface area contributed by atoms with Crippen molar-refractivity contribution in [2.45, 2.75) is 18.9 Å². The van der Waals surface area contributed by atoms with E-state index in [4.69, 9.17) is 15.5 Å². The predicted molar refractivity (Wildman–Crippen MR) is 134 cm³/mol. The molecule has 2 heterocycles. The van der Waals surface area contributed by atoms with E-state index < -0.39 is 15.9 Å². The van der Waals surface area contributed by atoms with Gasteiger partial charge in [0.25, 0.3) is 15.9 Å². The molecular weight excluding hydrogens is 464 g/mol. The summed E-state index contributed by atoms with van der Waals surface area (Å²) in [5.41, 5.74) is 9.22. The minimum atomic E-state index is -4.24. The van der Waals surface area contributed by atoms with Gasteiger partial charge in [-0.05, 0) is 62.4 Å². The van der Waals surface area contributed by atoms with Gasteiger partial charge in [-0.3, -0.25) is 4.79 Å². The second-order valence-electron chi connectivity index (χ2n) is 7.75. The van der Waals surface area contributed by atoms with E-state index in [-0.39, 0.29) is 16.4 Å². The summed E-state index contributed by atoms with van der Waals surface area (Å²) in [6.45, 7) is 4.43. The zero-order chi connectivity index (χ0) is 25.0. The molecule has 0 saturated heterocycles. The first kappa shape index (κ1) is 23.9. The van der Waals surface area contributed by atoms with Crippen LogP contribution >= 0.6 is 0 Å². The number of hydrogen-bond acceptors (Lipinski definition) is 7. The molecule has 2 aromatic carbocycles. The Balaban J connectivity index is 1.74.